The lowest BCUT2D eigenvalue weighted by Crippen LogP contribution is -2.45. The second-order valence-corrected chi connectivity index (χ2v) is 5.72. The van der Waals surface area contributed by atoms with E-state index >= 15 is 0 Å². The van der Waals surface area contributed by atoms with E-state index < -0.39 is 11.5 Å². The maximum Gasteiger partial charge on any atom is 0.335 e. The molecule has 0 saturated heterocycles. The number of aromatic nitrogens is 1. The van der Waals surface area contributed by atoms with Gasteiger partial charge in [-0.1, -0.05) is 19.3 Å². The molecule has 0 bridgehead atoms. The van der Waals surface area contributed by atoms with Crippen LogP contribution in [0, 0.1) is 0 Å². The van der Waals surface area contributed by atoms with Gasteiger partial charge in [-0.3, -0.25) is 9.78 Å². The van der Waals surface area contributed by atoms with Crippen LogP contribution in [0.2, 0.25) is 0 Å². The summed E-state index contributed by atoms with van der Waals surface area (Å²) >= 11 is 0. The minimum atomic E-state index is -1.01. The van der Waals surface area contributed by atoms with Crippen molar-refractivity contribution in [2.75, 3.05) is 0 Å². The Morgan fingerprint density at radius 1 is 1.33 bits per heavy atom. The number of pyridine rings is 1. The predicted molar refractivity (Wildman–Crippen MR) is 77.7 cm³/mol. The lowest BCUT2D eigenvalue weighted by atomic mass is 9.80. The van der Waals surface area contributed by atoms with Crippen LogP contribution in [0.15, 0.2) is 18.3 Å². The molecule has 0 aliphatic heterocycles. The molecule has 1 aromatic heterocycles. The Hall–Kier alpha value is -1.95. The summed E-state index contributed by atoms with van der Waals surface area (Å²) in [5.41, 5.74) is 6.54. The molecule has 6 nitrogen and oxygen atoms in total. The average Bonchev–Trinajstić information content (AvgIpc) is 2.46. The van der Waals surface area contributed by atoms with Crippen molar-refractivity contribution in [3.63, 3.8) is 0 Å². The fourth-order valence-corrected chi connectivity index (χ4v) is 2.71. The summed E-state index contributed by atoms with van der Waals surface area (Å²) in [4.78, 5) is 26.9. The van der Waals surface area contributed by atoms with E-state index in [-0.39, 0.29) is 18.0 Å². The van der Waals surface area contributed by atoms with Crippen LogP contribution in [0.25, 0.3) is 0 Å². The zero-order valence-electron chi connectivity index (χ0n) is 12.0. The highest BCUT2D eigenvalue weighted by atomic mass is 16.4. The number of carboxylic acids is 1. The Balaban J connectivity index is 1.86. The molecule has 6 heteroatoms. The van der Waals surface area contributed by atoms with Crippen molar-refractivity contribution in [2.45, 2.75) is 50.6 Å². The Morgan fingerprint density at radius 3 is 2.71 bits per heavy atom. The van der Waals surface area contributed by atoms with Gasteiger partial charge in [0.15, 0.2) is 0 Å². The summed E-state index contributed by atoms with van der Waals surface area (Å²) in [5, 5.41) is 11.7. The molecule has 0 atom stereocenters. The number of nitrogens with one attached hydrogen (secondary N) is 1. The largest absolute Gasteiger partial charge is 0.478 e. The Bertz CT molecular complexity index is 525. The van der Waals surface area contributed by atoms with Gasteiger partial charge in [-0.2, -0.15) is 0 Å². The van der Waals surface area contributed by atoms with Crippen molar-refractivity contribution < 1.29 is 14.7 Å². The Morgan fingerprint density at radius 2 is 2.05 bits per heavy atom. The van der Waals surface area contributed by atoms with Gasteiger partial charge in [0.1, 0.15) is 0 Å². The first-order valence-corrected chi connectivity index (χ1v) is 7.22. The van der Waals surface area contributed by atoms with Gasteiger partial charge in [0, 0.05) is 18.2 Å². The molecular weight excluding hydrogens is 270 g/mol. The van der Waals surface area contributed by atoms with Crippen molar-refractivity contribution in [1.29, 1.82) is 0 Å². The van der Waals surface area contributed by atoms with Gasteiger partial charge in [0.05, 0.1) is 17.8 Å². The zero-order chi connectivity index (χ0) is 15.3. The minimum absolute atomic E-state index is 0.109. The topological polar surface area (TPSA) is 105 Å². The lowest BCUT2D eigenvalue weighted by molar-refractivity contribution is -0.122. The van der Waals surface area contributed by atoms with E-state index in [0.29, 0.717) is 12.1 Å². The Labute approximate surface area is 123 Å². The minimum Gasteiger partial charge on any atom is -0.478 e. The third kappa shape index (κ3) is 4.53. The highest BCUT2D eigenvalue weighted by Crippen LogP contribution is 2.28. The van der Waals surface area contributed by atoms with Crippen LogP contribution in [0.5, 0.6) is 0 Å². The fraction of sp³-hybridized carbons (Fsp3) is 0.533. The van der Waals surface area contributed by atoms with Gasteiger partial charge in [-0.25, -0.2) is 4.79 Å². The van der Waals surface area contributed by atoms with E-state index in [4.69, 9.17) is 10.8 Å². The smallest absolute Gasteiger partial charge is 0.335 e. The molecule has 21 heavy (non-hydrogen) atoms. The molecule has 1 fully saturated rings. The first-order valence-electron chi connectivity index (χ1n) is 7.22. The molecule has 0 aromatic carbocycles. The second kappa shape index (κ2) is 6.67. The number of carboxylic acid groups (broad SMARTS) is 1. The summed E-state index contributed by atoms with van der Waals surface area (Å²) in [7, 11) is 0. The monoisotopic (exact) mass is 291 g/mol. The van der Waals surface area contributed by atoms with E-state index in [2.05, 4.69) is 10.3 Å². The molecule has 1 aliphatic rings. The van der Waals surface area contributed by atoms with Gasteiger partial charge >= 0.3 is 5.97 Å². The van der Waals surface area contributed by atoms with Crippen LogP contribution >= 0.6 is 0 Å². The molecule has 2 rings (SSSR count). The van der Waals surface area contributed by atoms with Crippen LogP contribution in [0.4, 0.5) is 0 Å². The molecule has 0 radical (unpaired) electrons. The van der Waals surface area contributed by atoms with Crippen LogP contribution in [0.1, 0.15) is 54.6 Å². The van der Waals surface area contributed by atoms with Crippen LogP contribution in [-0.2, 0) is 11.3 Å². The van der Waals surface area contributed by atoms with E-state index in [9.17, 15) is 9.59 Å². The van der Waals surface area contributed by atoms with Crippen LogP contribution in [0.3, 0.4) is 0 Å². The first-order chi connectivity index (χ1) is 9.98. The second-order valence-electron chi connectivity index (χ2n) is 5.72. The number of amides is 1. The van der Waals surface area contributed by atoms with Gasteiger partial charge in [0.2, 0.25) is 5.91 Å². The van der Waals surface area contributed by atoms with Crippen molar-refractivity contribution in [1.82, 2.24) is 10.3 Å². The summed E-state index contributed by atoms with van der Waals surface area (Å²) in [5.74, 6) is -1.12. The van der Waals surface area contributed by atoms with Gasteiger partial charge in [-0.05, 0) is 25.0 Å². The quantitative estimate of drug-likeness (QED) is 0.761. The Kier molecular flexibility index (Phi) is 4.90. The van der Waals surface area contributed by atoms with E-state index in [1.165, 1.54) is 24.8 Å². The highest BCUT2D eigenvalue weighted by molar-refractivity contribution is 5.87. The molecule has 1 aliphatic carbocycles. The van der Waals surface area contributed by atoms with Crippen molar-refractivity contribution >= 4 is 11.9 Å². The van der Waals surface area contributed by atoms with Crippen molar-refractivity contribution in [3.8, 4) is 0 Å². The maximum absolute atomic E-state index is 12.0. The molecular formula is C15H21N3O3. The fourth-order valence-electron chi connectivity index (χ4n) is 2.71. The maximum atomic E-state index is 12.0. The summed E-state index contributed by atoms with van der Waals surface area (Å²) in [6.07, 6.45) is 6.84. The van der Waals surface area contributed by atoms with E-state index in [0.717, 1.165) is 25.7 Å². The SMILES string of the molecule is NC1(CC(=O)NCc2cc(C(=O)O)ccn2)CCCCC1. The van der Waals surface area contributed by atoms with E-state index in [1.807, 2.05) is 0 Å². The van der Waals surface area contributed by atoms with Crippen molar-refractivity contribution in [3.05, 3.63) is 29.6 Å². The number of hydrogen-bond donors (Lipinski definition) is 3. The van der Waals surface area contributed by atoms with Gasteiger partial charge < -0.3 is 16.2 Å². The van der Waals surface area contributed by atoms with Crippen LogP contribution < -0.4 is 11.1 Å². The third-order valence-electron chi connectivity index (χ3n) is 3.89. The highest BCUT2D eigenvalue weighted by Gasteiger charge is 2.29. The predicted octanol–water partition coefficient (Wildman–Crippen LogP) is 1.45. The zero-order valence-corrected chi connectivity index (χ0v) is 12.0. The molecule has 4 N–H and O–H groups in total. The van der Waals surface area contributed by atoms with Gasteiger partial charge in [0.25, 0.3) is 0 Å². The number of nitrogens with two attached hydrogens (primary N) is 1. The van der Waals surface area contributed by atoms with Crippen LogP contribution in [-0.4, -0.2) is 27.5 Å². The molecule has 1 aromatic rings. The number of carbonyl (C=O) groups excluding carboxylic acids is 1. The van der Waals surface area contributed by atoms with Gasteiger partial charge in [-0.15, -0.1) is 0 Å². The molecule has 1 saturated carbocycles. The summed E-state index contributed by atoms with van der Waals surface area (Å²) in [6.45, 7) is 0.218. The number of aromatic carboxylic acids is 1. The lowest BCUT2D eigenvalue weighted by Gasteiger charge is -2.32. The van der Waals surface area contributed by atoms with E-state index in [1.54, 1.807) is 0 Å². The molecule has 1 amide bonds. The first kappa shape index (κ1) is 15.4. The summed E-state index contributed by atoms with van der Waals surface area (Å²) in [6, 6.07) is 2.88. The summed E-state index contributed by atoms with van der Waals surface area (Å²) < 4.78 is 0. The number of nitrogens with zero attached hydrogens (tertiary/aromatic N) is 1. The molecule has 1 heterocycles. The number of hydrogen-bond acceptors (Lipinski definition) is 4. The van der Waals surface area contributed by atoms with Crippen molar-refractivity contribution in [2.24, 2.45) is 5.73 Å². The average molecular weight is 291 g/mol. The third-order valence-corrected chi connectivity index (χ3v) is 3.89. The standard InChI is InChI=1S/C15H21N3O3/c16-15(5-2-1-3-6-15)9-13(19)18-10-12-8-11(14(20)21)4-7-17-12/h4,7-8H,1-3,5-6,9-10,16H2,(H,18,19)(H,20,21). The number of rotatable bonds is 5. The normalized spacial score (nSPS) is 17.2. The number of carbonyl (C=O) groups is 2. The molecule has 114 valence electrons. The molecule has 0 unspecified atom stereocenters. The molecule has 0 spiro atoms.